The maximum absolute atomic E-state index is 12.6. The van der Waals surface area contributed by atoms with Crippen molar-refractivity contribution in [1.82, 2.24) is 0 Å². The van der Waals surface area contributed by atoms with Crippen molar-refractivity contribution in [3.8, 4) is 0 Å². The molecule has 12 nitrogen and oxygen atoms in total. The molecule has 57 heavy (non-hydrogen) atoms. The summed E-state index contributed by atoms with van der Waals surface area (Å²) in [7, 11) is -4.76. The smallest absolute Gasteiger partial charge is 0.472 e. The minimum absolute atomic E-state index is 0.0769. The molecule has 320 valence electrons. The van der Waals surface area contributed by atoms with E-state index >= 15 is 0 Å². The number of rotatable bonds is 35. The van der Waals surface area contributed by atoms with Crippen LogP contribution in [0.5, 0.6) is 0 Å². The van der Waals surface area contributed by atoms with Gasteiger partial charge in [0.2, 0.25) is 0 Å². The number of unbranched alkanes of at least 4 members (excludes halogenated alkanes) is 3. The number of carboxylic acid groups (broad SMARTS) is 1. The van der Waals surface area contributed by atoms with Crippen molar-refractivity contribution >= 4 is 25.7 Å². The third-order valence-electron chi connectivity index (χ3n) is 7.60. The van der Waals surface area contributed by atoms with Crippen molar-refractivity contribution in [1.29, 1.82) is 0 Å². The van der Waals surface area contributed by atoms with E-state index < -0.39 is 63.8 Å². The molecule has 0 saturated heterocycles. The molecule has 0 aliphatic heterocycles. The van der Waals surface area contributed by atoms with Crippen LogP contribution in [-0.4, -0.2) is 71.1 Å². The highest BCUT2D eigenvalue weighted by Gasteiger charge is 2.28. The maximum atomic E-state index is 12.6. The maximum Gasteiger partial charge on any atom is 0.472 e. The molecule has 0 spiro atoms. The van der Waals surface area contributed by atoms with Gasteiger partial charge in [0.1, 0.15) is 12.6 Å². The molecule has 0 aromatic rings. The van der Waals surface area contributed by atoms with Crippen LogP contribution in [0.4, 0.5) is 0 Å². The fourth-order valence-electron chi connectivity index (χ4n) is 4.47. The number of phosphoric ester groups is 1. The Balaban J connectivity index is 4.67. The normalized spacial score (nSPS) is 15.5. The molecule has 0 fully saturated rings. The van der Waals surface area contributed by atoms with Gasteiger partial charge in [0, 0.05) is 12.8 Å². The number of esters is 2. The molecule has 0 amide bonds. The number of carbonyl (C=O) groups is 3. The zero-order chi connectivity index (χ0) is 42.2. The van der Waals surface area contributed by atoms with Crippen molar-refractivity contribution in [2.75, 3.05) is 19.8 Å². The Kier molecular flexibility index (Phi) is 35.1. The third kappa shape index (κ3) is 37.4. The van der Waals surface area contributed by atoms with E-state index in [0.29, 0.717) is 32.1 Å². The Bertz CT molecular complexity index is 1390. The quantitative estimate of drug-likeness (QED) is 0.0156. The Labute approximate surface area is 340 Å². The van der Waals surface area contributed by atoms with Gasteiger partial charge in [-0.15, -0.1) is 0 Å². The summed E-state index contributed by atoms with van der Waals surface area (Å²) < 4.78 is 32.5. The van der Waals surface area contributed by atoms with Crippen LogP contribution >= 0.6 is 7.82 Å². The summed E-state index contributed by atoms with van der Waals surface area (Å²) in [4.78, 5) is 45.8. The van der Waals surface area contributed by atoms with E-state index in [1.165, 1.54) is 0 Å². The minimum Gasteiger partial charge on any atom is -0.480 e. The highest BCUT2D eigenvalue weighted by atomic mass is 31.2. The van der Waals surface area contributed by atoms with Gasteiger partial charge >= 0.3 is 25.7 Å². The summed E-state index contributed by atoms with van der Waals surface area (Å²) >= 11 is 0. The fourth-order valence-corrected chi connectivity index (χ4v) is 5.25. The molecule has 0 saturated carbocycles. The third-order valence-corrected chi connectivity index (χ3v) is 8.55. The van der Waals surface area contributed by atoms with Gasteiger partial charge in [-0.3, -0.25) is 23.4 Å². The summed E-state index contributed by atoms with van der Waals surface area (Å²) in [6, 6.07) is -1.55. The van der Waals surface area contributed by atoms with E-state index in [1.807, 2.05) is 42.5 Å². The van der Waals surface area contributed by atoms with Crippen LogP contribution in [0.1, 0.15) is 110 Å². The molecular weight excluding hydrogens is 749 g/mol. The van der Waals surface area contributed by atoms with Crippen molar-refractivity contribution < 1.29 is 52.6 Å². The second kappa shape index (κ2) is 37.7. The Hall–Kier alpha value is -3.90. The van der Waals surface area contributed by atoms with Crippen LogP contribution < -0.4 is 5.73 Å². The van der Waals surface area contributed by atoms with Gasteiger partial charge < -0.3 is 30.3 Å². The lowest BCUT2D eigenvalue weighted by Gasteiger charge is -2.20. The Morgan fingerprint density at radius 3 is 1.74 bits per heavy atom. The number of carboxylic acids is 1. The molecule has 0 aromatic carbocycles. The standard InChI is InChI=1S/C44H68NO11P/c1-3-5-7-9-11-12-13-14-15-16-17-18-23-27-31-35-43(48)56-40(37-54-57(51,52)55-38-41(45)44(49)50)36-53-42(47)34-30-26-22-20-19-21-25-29-33-39(46)32-28-24-10-8-6-4-2/h5-8,11-12,14-15,17-18,20-22,24-25,28-29,33,39-41,46H,3-4,9-10,13,16,19,23,26-27,30-32,34-38,45H2,1-2H3,(H,49,50)(H,51,52)/b7-5-,8-6-,12-11-,15-14-,18-17-,22-20-,25-21-,28-24-,33-29+/t39?,40-,41+/m1/s1. The number of nitrogens with two attached hydrogens (primary N) is 1. The first kappa shape index (κ1) is 53.1. The van der Waals surface area contributed by atoms with Crippen LogP contribution in [0.2, 0.25) is 0 Å². The number of allylic oxidation sites excluding steroid dienone is 16. The molecule has 13 heteroatoms. The summed E-state index contributed by atoms with van der Waals surface area (Å²) in [5, 5.41) is 18.9. The Morgan fingerprint density at radius 2 is 1.14 bits per heavy atom. The summed E-state index contributed by atoms with van der Waals surface area (Å²) in [6.07, 6.45) is 44.9. The van der Waals surface area contributed by atoms with E-state index in [2.05, 4.69) is 79.1 Å². The number of aliphatic carboxylic acids is 1. The molecule has 0 rings (SSSR count). The molecule has 4 atom stereocenters. The van der Waals surface area contributed by atoms with E-state index in [0.717, 1.165) is 51.4 Å². The molecule has 0 radical (unpaired) electrons. The lowest BCUT2D eigenvalue weighted by molar-refractivity contribution is -0.161. The van der Waals surface area contributed by atoms with Gasteiger partial charge in [-0.2, -0.15) is 0 Å². The highest BCUT2D eigenvalue weighted by molar-refractivity contribution is 7.47. The highest BCUT2D eigenvalue weighted by Crippen LogP contribution is 2.43. The van der Waals surface area contributed by atoms with Crippen LogP contribution in [0.25, 0.3) is 0 Å². The molecular formula is C44H68NO11P. The molecule has 5 N–H and O–H groups in total. The van der Waals surface area contributed by atoms with Crippen LogP contribution in [0.15, 0.2) is 109 Å². The van der Waals surface area contributed by atoms with Gasteiger partial charge in [0.05, 0.1) is 19.3 Å². The predicted molar refractivity (Wildman–Crippen MR) is 227 cm³/mol. The monoisotopic (exact) mass is 817 g/mol. The van der Waals surface area contributed by atoms with Crippen molar-refractivity contribution in [3.05, 3.63) is 109 Å². The molecule has 0 aliphatic rings. The molecule has 0 bridgehead atoms. The molecule has 0 heterocycles. The number of hydrogen-bond donors (Lipinski definition) is 4. The number of ether oxygens (including phenoxy) is 2. The number of carbonyl (C=O) groups excluding carboxylic acids is 2. The number of hydrogen-bond acceptors (Lipinski definition) is 10. The first-order chi connectivity index (χ1) is 27.5. The van der Waals surface area contributed by atoms with Gasteiger partial charge in [-0.05, 0) is 83.5 Å². The zero-order valence-electron chi connectivity index (χ0n) is 34.0. The largest absolute Gasteiger partial charge is 0.480 e. The van der Waals surface area contributed by atoms with E-state index in [-0.39, 0.29) is 12.8 Å². The minimum atomic E-state index is -4.76. The average molecular weight is 818 g/mol. The first-order valence-corrected chi connectivity index (χ1v) is 21.5. The van der Waals surface area contributed by atoms with Gasteiger partial charge in [-0.1, -0.05) is 123 Å². The topological polar surface area (TPSA) is 192 Å². The summed E-state index contributed by atoms with van der Waals surface area (Å²) in [6.45, 7) is 2.35. The lowest BCUT2D eigenvalue weighted by Crippen LogP contribution is -2.34. The summed E-state index contributed by atoms with van der Waals surface area (Å²) in [5.74, 6) is -2.58. The van der Waals surface area contributed by atoms with E-state index in [4.69, 9.17) is 24.8 Å². The lowest BCUT2D eigenvalue weighted by atomic mass is 10.2. The second-order valence-electron chi connectivity index (χ2n) is 12.8. The number of phosphoric acid groups is 1. The van der Waals surface area contributed by atoms with Crippen LogP contribution in [0.3, 0.4) is 0 Å². The average Bonchev–Trinajstić information content (AvgIpc) is 3.18. The predicted octanol–water partition coefficient (Wildman–Crippen LogP) is 9.24. The van der Waals surface area contributed by atoms with Crippen LogP contribution in [-0.2, 0) is 37.5 Å². The zero-order valence-corrected chi connectivity index (χ0v) is 34.9. The number of aliphatic hydroxyl groups excluding tert-OH is 1. The van der Waals surface area contributed by atoms with Gasteiger partial charge in [0.25, 0.3) is 0 Å². The van der Waals surface area contributed by atoms with Gasteiger partial charge in [-0.25, -0.2) is 4.57 Å². The van der Waals surface area contributed by atoms with E-state index in [9.17, 15) is 28.9 Å². The number of aliphatic hydroxyl groups is 1. The molecule has 0 aromatic heterocycles. The van der Waals surface area contributed by atoms with Crippen molar-refractivity contribution in [2.45, 2.75) is 128 Å². The van der Waals surface area contributed by atoms with Crippen LogP contribution in [0, 0.1) is 0 Å². The van der Waals surface area contributed by atoms with Crippen molar-refractivity contribution in [3.63, 3.8) is 0 Å². The SMILES string of the molecule is CC/C=C\C/C=C\C/C=C\C/C=C\CCCCC(=O)O[C@H](COC(=O)CCC/C=C\C/C=C\C=C\C(O)C/C=C\C/C=C\CC)COP(=O)(O)OC[C@H](N)C(=O)O. The fraction of sp³-hybridized carbons (Fsp3) is 0.523. The summed E-state index contributed by atoms with van der Waals surface area (Å²) in [5.41, 5.74) is 5.31. The van der Waals surface area contributed by atoms with Gasteiger partial charge in [0.15, 0.2) is 6.10 Å². The van der Waals surface area contributed by atoms with E-state index in [1.54, 1.807) is 6.08 Å². The Morgan fingerprint density at radius 1 is 0.632 bits per heavy atom. The first-order valence-electron chi connectivity index (χ1n) is 20.0. The second-order valence-corrected chi connectivity index (χ2v) is 14.3. The molecule has 0 aliphatic carbocycles. The molecule has 2 unspecified atom stereocenters. The van der Waals surface area contributed by atoms with Crippen molar-refractivity contribution in [2.24, 2.45) is 5.73 Å².